The smallest absolute Gasteiger partial charge is 0.336 e. The number of ether oxygens (including phenoxy) is 3. The topological polar surface area (TPSA) is 123 Å². The van der Waals surface area contributed by atoms with Gasteiger partial charge in [-0.2, -0.15) is 0 Å². The van der Waals surface area contributed by atoms with E-state index in [1.165, 1.54) is 0 Å². The summed E-state index contributed by atoms with van der Waals surface area (Å²) in [4.78, 5) is 28.4. The Labute approximate surface area is 254 Å². The highest BCUT2D eigenvalue weighted by Crippen LogP contribution is 2.65. The molecule has 2 aliphatic heterocycles. The van der Waals surface area contributed by atoms with Gasteiger partial charge >= 0.3 is 5.97 Å². The number of hydrogen-bond acceptors (Lipinski definition) is 8. The molecule has 4 fully saturated rings. The summed E-state index contributed by atoms with van der Waals surface area (Å²) in [6, 6.07) is 9.79. The number of Topliss-reactive ketones (excluding diaryl/α,β-unsaturated/α-hetero) is 1. The molecule has 1 aromatic rings. The van der Waals surface area contributed by atoms with Crippen molar-refractivity contribution in [3.05, 3.63) is 47.0 Å². The van der Waals surface area contributed by atoms with Crippen LogP contribution in [0.3, 0.4) is 0 Å². The lowest BCUT2D eigenvalue weighted by Crippen LogP contribution is -2.77. The van der Waals surface area contributed by atoms with Gasteiger partial charge in [-0.3, -0.25) is 4.79 Å². The van der Waals surface area contributed by atoms with Crippen LogP contribution in [0, 0.1) is 28.6 Å². The van der Waals surface area contributed by atoms with E-state index in [2.05, 4.69) is 0 Å². The summed E-state index contributed by atoms with van der Waals surface area (Å²) in [6.45, 7) is 15.2. The molecule has 236 valence electrons. The molecule has 3 N–H and O–H groups in total. The van der Waals surface area contributed by atoms with Crippen LogP contribution in [0.25, 0.3) is 0 Å². The molecule has 8 heteroatoms. The number of carbonyl (C=O) groups excluding carboxylic acids is 2. The second-order valence-corrected chi connectivity index (χ2v) is 15.5. The van der Waals surface area contributed by atoms with E-state index in [0.717, 1.165) is 5.56 Å². The van der Waals surface area contributed by atoms with E-state index in [-0.39, 0.29) is 30.6 Å². The Hall–Kier alpha value is -2.10. The fourth-order valence-electron chi connectivity index (χ4n) is 9.93. The first-order chi connectivity index (χ1) is 19.9. The fraction of sp³-hybridized carbons (Fsp3) is 0.714. The minimum absolute atomic E-state index is 0.0673. The van der Waals surface area contributed by atoms with E-state index in [1.54, 1.807) is 6.92 Å². The first kappa shape index (κ1) is 30.9. The maximum absolute atomic E-state index is 14.4. The molecular formula is C35H48O8. The number of hydrogen-bond donors (Lipinski definition) is 3. The zero-order chi connectivity index (χ0) is 31.5. The van der Waals surface area contributed by atoms with Crippen LogP contribution in [0.1, 0.15) is 86.1 Å². The molecule has 8 nitrogen and oxygen atoms in total. The van der Waals surface area contributed by atoms with Gasteiger partial charge in [0.15, 0.2) is 11.9 Å². The van der Waals surface area contributed by atoms with Crippen LogP contribution in [0.4, 0.5) is 0 Å². The van der Waals surface area contributed by atoms with Crippen LogP contribution in [0.15, 0.2) is 41.5 Å². The van der Waals surface area contributed by atoms with Gasteiger partial charge in [-0.05, 0) is 62.2 Å². The van der Waals surface area contributed by atoms with Crippen LogP contribution < -0.4 is 0 Å². The first-order valence-corrected chi connectivity index (χ1v) is 15.8. The number of fused-ring (bicyclic) bond motifs is 5. The monoisotopic (exact) mass is 596 g/mol. The van der Waals surface area contributed by atoms with Gasteiger partial charge in [0, 0.05) is 29.1 Å². The predicted molar refractivity (Wildman–Crippen MR) is 159 cm³/mol. The first-order valence-electron chi connectivity index (χ1n) is 15.8. The van der Waals surface area contributed by atoms with Crippen LogP contribution in [-0.4, -0.2) is 74.9 Å². The van der Waals surface area contributed by atoms with E-state index < -0.39 is 69.9 Å². The van der Waals surface area contributed by atoms with Crippen molar-refractivity contribution in [1.82, 2.24) is 0 Å². The van der Waals surface area contributed by atoms with Crippen molar-refractivity contribution in [2.24, 2.45) is 28.6 Å². The Morgan fingerprint density at radius 3 is 2.28 bits per heavy atom. The van der Waals surface area contributed by atoms with Gasteiger partial charge in [-0.15, -0.1) is 0 Å². The minimum Gasteiger partial charge on any atom is -0.456 e. The molecule has 11 atom stereocenters. The Bertz CT molecular complexity index is 1350. The second-order valence-electron chi connectivity index (χ2n) is 15.5. The fourth-order valence-corrected chi connectivity index (χ4v) is 9.93. The number of aliphatic hydroxyl groups excluding tert-OH is 1. The van der Waals surface area contributed by atoms with Gasteiger partial charge in [0.1, 0.15) is 17.8 Å². The highest BCUT2D eigenvalue weighted by Gasteiger charge is 2.73. The summed E-state index contributed by atoms with van der Waals surface area (Å²) >= 11 is 0. The SMILES string of the molecule is CC1=C2C(O)C(=O)[C@@]3(C)C(C(C)C(O)(CC1OC(=O)[C@@H]1OC(C)(C)CC1c1ccccc1)C2(C)C)[C@]1(O)COC1C[C@@H]3C. The molecule has 1 aromatic carbocycles. The van der Waals surface area contributed by atoms with Crippen molar-refractivity contribution in [2.75, 3.05) is 6.61 Å². The van der Waals surface area contributed by atoms with Crippen LogP contribution in [-0.2, 0) is 23.8 Å². The molecule has 0 spiro atoms. The van der Waals surface area contributed by atoms with E-state index in [9.17, 15) is 24.9 Å². The zero-order valence-electron chi connectivity index (χ0n) is 26.7. The number of ketones is 1. The average molecular weight is 597 g/mol. The van der Waals surface area contributed by atoms with Crippen molar-refractivity contribution in [1.29, 1.82) is 0 Å². The summed E-state index contributed by atoms with van der Waals surface area (Å²) < 4.78 is 18.3. The molecule has 43 heavy (non-hydrogen) atoms. The van der Waals surface area contributed by atoms with Gasteiger partial charge < -0.3 is 29.5 Å². The van der Waals surface area contributed by atoms with Gasteiger partial charge in [0.05, 0.1) is 23.9 Å². The number of carbonyl (C=O) groups is 2. The lowest BCUT2D eigenvalue weighted by molar-refractivity contribution is -0.329. The number of aliphatic hydroxyl groups is 3. The molecule has 0 aromatic heterocycles. The molecule has 2 heterocycles. The van der Waals surface area contributed by atoms with Gasteiger partial charge in [0.25, 0.3) is 0 Å². The molecule has 7 unspecified atom stereocenters. The summed E-state index contributed by atoms with van der Waals surface area (Å²) in [5.74, 6) is -2.55. The quantitative estimate of drug-likeness (QED) is 0.352. The Balaban J connectivity index is 1.41. The maximum Gasteiger partial charge on any atom is 0.336 e. The van der Waals surface area contributed by atoms with Crippen molar-refractivity contribution in [3.8, 4) is 0 Å². The Morgan fingerprint density at radius 2 is 1.67 bits per heavy atom. The van der Waals surface area contributed by atoms with Crippen molar-refractivity contribution >= 4 is 11.8 Å². The van der Waals surface area contributed by atoms with Gasteiger partial charge in [0.2, 0.25) is 0 Å². The summed E-state index contributed by atoms with van der Waals surface area (Å²) in [7, 11) is 0. The second kappa shape index (κ2) is 9.70. The van der Waals surface area contributed by atoms with Crippen molar-refractivity contribution in [2.45, 2.75) is 122 Å². The van der Waals surface area contributed by atoms with E-state index in [4.69, 9.17) is 14.2 Å². The Morgan fingerprint density at radius 1 is 1.02 bits per heavy atom. The summed E-state index contributed by atoms with van der Waals surface area (Å²) in [5, 5.41) is 36.7. The Kier molecular flexibility index (Phi) is 6.97. The highest BCUT2D eigenvalue weighted by molar-refractivity contribution is 5.93. The van der Waals surface area contributed by atoms with Crippen LogP contribution in [0.5, 0.6) is 0 Å². The third kappa shape index (κ3) is 4.12. The molecule has 2 bridgehead atoms. The lowest BCUT2D eigenvalue weighted by Gasteiger charge is -2.68. The van der Waals surface area contributed by atoms with Gasteiger partial charge in [-0.1, -0.05) is 65.0 Å². The summed E-state index contributed by atoms with van der Waals surface area (Å²) in [6.07, 6.45) is -2.49. The molecule has 5 aliphatic rings. The molecule has 0 amide bonds. The maximum atomic E-state index is 14.4. The largest absolute Gasteiger partial charge is 0.456 e. The summed E-state index contributed by atoms with van der Waals surface area (Å²) in [5.41, 5.74) is -3.55. The third-order valence-electron chi connectivity index (χ3n) is 12.6. The molecule has 2 saturated heterocycles. The minimum atomic E-state index is -1.53. The molecule has 3 aliphatic carbocycles. The van der Waals surface area contributed by atoms with E-state index >= 15 is 0 Å². The predicted octanol–water partition coefficient (Wildman–Crippen LogP) is 4.10. The highest BCUT2D eigenvalue weighted by atomic mass is 16.6. The number of rotatable bonds is 3. The van der Waals surface area contributed by atoms with Crippen molar-refractivity contribution < 1.29 is 39.1 Å². The van der Waals surface area contributed by atoms with Crippen LogP contribution in [0.2, 0.25) is 0 Å². The van der Waals surface area contributed by atoms with E-state index in [1.807, 2.05) is 78.8 Å². The van der Waals surface area contributed by atoms with Gasteiger partial charge in [-0.25, -0.2) is 4.79 Å². The number of esters is 1. The molecular weight excluding hydrogens is 548 g/mol. The normalized spacial score (nSPS) is 46.6. The van der Waals surface area contributed by atoms with Crippen molar-refractivity contribution in [3.63, 3.8) is 0 Å². The van der Waals surface area contributed by atoms with E-state index in [0.29, 0.717) is 24.0 Å². The van der Waals surface area contributed by atoms with Crippen LogP contribution >= 0.6 is 0 Å². The third-order valence-corrected chi connectivity index (χ3v) is 12.6. The molecule has 0 radical (unpaired) electrons. The standard InChI is InChI=1S/C35H48O8/c1-18-14-24-34(39,17-41-24)28-20(3)35(40)16-23(19(2)25(32(35,6)7)26(36)29(37)33(18,28)8)42-30(38)27-22(15-31(4,5)43-27)21-12-10-9-11-13-21/h9-13,18,20,22-24,26-28,36,39-40H,14-17H2,1-8H3/t18-,20?,22?,23?,24?,26?,27+,28?,33+,34-,35?/m0/s1. The average Bonchev–Trinajstić information content (AvgIpc) is 3.27. The molecule has 2 saturated carbocycles. The number of benzene rings is 1. The zero-order valence-corrected chi connectivity index (χ0v) is 26.7. The molecule has 6 rings (SSSR count). The lowest BCUT2D eigenvalue weighted by atomic mass is 9.41.